The molecule has 3 N–H and O–H groups in total. The molecule has 0 spiro atoms. The van der Waals surface area contributed by atoms with Crippen molar-refractivity contribution in [1.29, 1.82) is 0 Å². The van der Waals surface area contributed by atoms with Crippen molar-refractivity contribution < 1.29 is 4.39 Å². The molecule has 0 amide bonds. The maximum Gasteiger partial charge on any atom is 0.215 e. The Morgan fingerprint density at radius 1 is 1.04 bits per heavy atom. The fraction of sp³-hybridized carbons (Fsp3) is 0.200. The third-order valence-electron chi connectivity index (χ3n) is 3.20. The van der Waals surface area contributed by atoms with Gasteiger partial charge in [0.1, 0.15) is 0 Å². The molecule has 0 radical (unpaired) electrons. The highest BCUT2D eigenvalue weighted by Gasteiger charge is 2.04. The van der Waals surface area contributed by atoms with Crippen LogP contribution in [-0.2, 0) is 0 Å². The van der Waals surface area contributed by atoms with Gasteiger partial charge >= 0.3 is 0 Å². The van der Waals surface area contributed by atoms with E-state index in [0.717, 1.165) is 18.7 Å². The van der Waals surface area contributed by atoms with Gasteiger partial charge in [-0.1, -0.05) is 23.2 Å². The smallest absolute Gasteiger partial charge is 0.215 e. The molecule has 0 saturated heterocycles. The molecular formula is C15H14Cl2FN5. The van der Waals surface area contributed by atoms with E-state index in [1.54, 1.807) is 18.2 Å². The van der Waals surface area contributed by atoms with Gasteiger partial charge in [-0.2, -0.15) is 14.4 Å². The van der Waals surface area contributed by atoms with Crippen LogP contribution in [0.5, 0.6) is 0 Å². The van der Waals surface area contributed by atoms with Crippen molar-refractivity contribution in [3.63, 3.8) is 0 Å². The van der Waals surface area contributed by atoms with Crippen molar-refractivity contribution in [3.8, 4) is 0 Å². The molecule has 3 aromatic rings. The van der Waals surface area contributed by atoms with Gasteiger partial charge in [-0.05, 0) is 36.8 Å². The van der Waals surface area contributed by atoms with Crippen molar-refractivity contribution in [2.45, 2.75) is 6.42 Å². The number of nitrogens with one attached hydrogen (secondary N) is 3. The van der Waals surface area contributed by atoms with E-state index in [9.17, 15) is 4.39 Å². The molecule has 2 aromatic heterocycles. The van der Waals surface area contributed by atoms with Crippen LogP contribution >= 0.6 is 23.2 Å². The number of pyridine rings is 1. The summed E-state index contributed by atoms with van der Waals surface area (Å²) in [4.78, 5) is 10.9. The number of anilines is 2. The highest BCUT2D eigenvalue weighted by Crippen LogP contribution is 2.25. The van der Waals surface area contributed by atoms with Crippen molar-refractivity contribution in [2.24, 2.45) is 0 Å². The first-order valence-electron chi connectivity index (χ1n) is 7.07. The second-order valence-corrected chi connectivity index (χ2v) is 5.77. The zero-order chi connectivity index (χ0) is 16.2. The molecule has 0 aliphatic rings. The first-order chi connectivity index (χ1) is 11.1. The number of benzene rings is 1. The largest absolute Gasteiger partial charge is 0.384 e. The highest BCUT2D eigenvalue weighted by molar-refractivity contribution is 6.36. The maximum atomic E-state index is 13.0. The van der Waals surface area contributed by atoms with E-state index in [4.69, 9.17) is 23.2 Å². The fourth-order valence-corrected chi connectivity index (χ4v) is 2.58. The second-order valence-electron chi connectivity index (χ2n) is 4.92. The number of aromatic amines is 1. The summed E-state index contributed by atoms with van der Waals surface area (Å²) in [5.41, 5.74) is 1.90. The maximum absolute atomic E-state index is 13.0. The Bertz CT molecular complexity index is 821. The third-order valence-corrected chi connectivity index (χ3v) is 3.75. The number of aromatic nitrogens is 3. The van der Waals surface area contributed by atoms with Gasteiger partial charge in [0.25, 0.3) is 0 Å². The molecule has 0 saturated carbocycles. The summed E-state index contributed by atoms with van der Waals surface area (Å²) in [7, 11) is 0. The van der Waals surface area contributed by atoms with Gasteiger partial charge in [0.2, 0.25) is 11.9 Å². The Kier molecular flexibility index (Phi) is 4.83. The monoisotopic (exact) mass is 353 g/mol. The topological polar surface area (TPSA) is 65.6 Å². The number of nitrogens with zero attached hydrogens (tertiary/aromatic N) is 2. The van der Waals surface area contributed by atoms with Crippen LogP contribution in [0.2, 0.25) is 10.0 Å². The summed E-state index contributed by atoms with van der Waals surface area (Å²) >= 11 is 11.9. The molecule has 0 unspecified atom stereocenters. The molecule has 2 heterocycles. The molecule has 0 atom stereocenters. The van der Waals surface area contributed by atoms with E-state index in [0.29, 0.717) is 33.7 Å². The van der Waals surface area contributed by atoms with Crippen LogP contribution in [0.15, 0.2) is 30.3 Å². The molecule has 3 rings (SSSR count). The highest BCUT2D eigenvalue weighted by atomic mass is 35.5. The summed E-state index contributed by atoms with van der Waals surface area (Å²) in [6, 6.07) is 8.24. The van der Waals surface area contributed by atoms with Crippen LogP contribution in [0, 0.1) is 5.95 Å². The summed E-state index contributed by atoms with van der Waals surface area (Å²) < 4.78 is 13.0. The minimum Gasteiger partial charge on any atom is -0.384 e. The lowest BCUT2D eigenvalue weighted by Crippen LogP contribution is -2.10. The van der Waals surface area contributed by atoms with E-state index in [1.165, 1.54) is 6.07 Å². The number of imidazole rings is 1. The average molecular weight is 354 g/mol. The van der Waals surface area contributed by atoms with Crippen LogP contribution in [0.1, 0.15) is 6.42 Å². The van der Waals surface area contributed by atoms with Crippen molar-refractivity contribution in [1.82, 2.24) is 15.0 Å². The number of H-pyrrole nitrogens is 1. The Labute approximate surface area is 142 Å². The third kappa shape index (κ3) is 4.03. The molecule has 8 heteroatoms. The molecule has 1 aromatic carbocycles. The van der Waals surface area contributed by atoms with E-state index >= 15 is 0 Å². The minimum atomic E-state index is -0.542. The van der Waals surface area contributed by atoms with Crippen LogP contribution < -0.4 is 10.6 Å². The van der Waals surface area contributed by atoms with Crippen LogP contribution in [0.25, 0.3) is 11.2 Å². The lowest BCUT2D eigenvalue weighted by molar-refractivity contribution is 0.588. The van der Waals surface area contributed by atoms with Gasteiger partial charge < -0.3 is 15.6 Å². The Morgan fingerprint density at radius 3 is 2.70 bits per heavy atom. The number of halogens is 3. The SMILES string of the molecule is Fc1ccc2[nH]c(NCCCNc3ccc(Cl)cc3Cl)nc2n1. The molecular weight excluding hydrogens is 340 g/mol. The second kappa shape index (κ2) is 7.02. The number of fused-ring (bicyclic) bond motifs is 1. The minimum absolute atomic E-state index is 0.360. The van der Waals surface area contributed by atoms with Crippen molar-refractivity contribution in [3.05, 3.63) is 46.3 Å². The fourth-order valence-electron chi connectivity index (χ4n) is 2.10. The summed E-state index contributed by atoms with van der Waals surface area (Å²) in [6.07, 6.45) is 0.845. The van der Waals surface area contributed by atoms with Crippen LogP contribution in [0.3, 0.4) is 0 Å². The summed E-state index contributed by atoms with van der Waals surface area (Å²) in [5, 5.41) is 7.58. The standard InChI is InChI=1S/C15H14Cl2FN5/c16-9-2-3-11(10(17)8-9)19-6-1-7-20-15-21-12-4-5-13(18)22-14(12)23-15/h2-5,8,19H,1,6-7H2,(H2,20,21,22,23). The molecule has 0 aliphatic carbocycles. The summed E-state index contributed by atoms with van der Waals surface area (Å²) in [6.45, 7) is 1.43. The molecule has 0 bridgehead atoms. The first-order valence-corrected chi connectivity index (χ1v) is 7.82. The number of rotatable bonds is 6. The molecule has 0 aliphatic heterocycles. The Morgan fingerprint density at radius 2 is 1.87 bits per heavy atom. The number of hydrogen-bond donors (Lipinski definition) is 3. The van der Waals surface area contributed by atoms with E-state index in [2.05, 4.69) is 25.6 Å². The summed E-state index contributed by atoms with van der Waals surface area (Å²) in [5.74, 6) is 0.0298. The molecule has 5 nitrogen and oxygen atoms in total. The Hall–Kier alpha value is -2.05. The molecule has 0 fully saturated rings. The van der Waals surface area contributed by atoms with Gasteiger partial charge in [0, 0.05) is 18.1 Å². The normalized spacial score (nSPS) is 10.9. The Balaban J connectivity index is 1.47. The van der Waals surface area contributed by atoms with Crippen LogP contribution in [0.4, 0.5) is 16.0 Å². The first kappa shape index (κ1) is 15.8. The average Bonchev–Trinajstić information content (AvgIpc) is 2.90. The zero-order valence-electron chi connectivity index (χ0n) is 12.0. The molecule has 120 valence electrons. The molecule has 23 heavy (non-hydrogen) atoms. The zero-order valence-corrected chi connectivity index (χ0v) is 13.5. The quantitative estimate of drug-likeness (QED) is 0.456. The van der Waals surface area contributed by atoms with E-state index in [-0.39, 0.29) is 0 Å². The van der Waals surface area contributed by atoms with Gasteiger partial charge in [-0.3, -0.25) is 0 Å². The van der Waals surface area contributed by atoms with Gasteiger partial charge in [-0.25, -0.2) is 0 Å². The number of hydrogen-bond acceptors (Lipinski definition) is 4. The van der Waals surface area contributed by atoms with Gasteiger partial charge in [-0.15, -0.1) is 0 Å². The predicted molar refractivity (Wildman–Crippen MR) is 91.9 cm³/mol. The van der Waals surface area contributed by atoms with Crippen molar-refractivity contribution in [2.75, 3.05) is 23.7 Å². The van der Waals surface area contributed by atoms with Crippen molar-refractivity contribution >= 4 is 46.0 Å². The predicted octanol–water partition coefficient (Wildman–Crippen LogP) is 4.32. The van der Waals surface area contributed by atoms with Gasteiger partial charge in [0.15, 0.2) is 5.65 Å². The van der Waals surface area contributed by atoms with Gasteiger partial charge in [0.05, 0.1) is 16.2 Å². The van der Waals surface area contributed by atoms with Crippen LogP contribution in [-0.4, -0.2) is 28.0 Å². The van der Waals surface area contributed by atoms with E-state index < -0.39 is 5.95 Å². The van der Waals surface area contributed by atoms with E-state index in [1.807, 2.05) is 6.07 Å². The lowest BCUT2D eigenvalue weighted by atomic mass is 10.3. The lowest BCUT2D eigenvalue weighted by Gasteiger charge is -2.08.